The fourth-order valence-corrected chi connectivity index (χ4v) is 7.20. The summed E-state index contributed by atoms with van der Waals surface area (Å²) in [6.45, 7) is 4.73. The number of hydrogen-bond donors (Lipinski definition) is 1. The van der Waals surface area contributed by atoms with E-state index in [9.17, 15) is 19.5 Å². The Labute approximate surface area is 364 Å². The number of carbonyl (C=O) groups is 3. The summed E-state index contributed by atoms with van der Waals surface area (Å²) >= 11 is 0. The minimum absolute atomic E-state index is 0.0557. The number of rotatable bonds is 44. The first kappa shape index (κ1) is 56.5. The predicted molar refractivity (Wildman–Crippen MR) is 248 cm³/mol. The van der Waals surface area contributed by atoms with Gasteiger partial charge in [-0.05, 0) is 64.2 Å². The molecule has 0 heterocycles. The van der Waals surface area contributed by atoms with Crippen molar-refractivity contribution in [1.82, 2.24) is 0 Å². The Morgan fingerprint density at radius 3 is 1.32 bits per heavy atom. The molecule has 0 aromatic rings. The molecule has 8 heteroatoms. The minimum atomic E-state index is -0.877. The molecule has 0 aliphatic rings. The molecule has 344 valence electrons. The van der Waals surface area contributed by atoms with E-state index >= 15 is 0 Å². The quantitative estimate of drug-likeness (QED) is 0.0215. The zero-order valence-electron chi connectivity index (χ0n) is 39.2. The van der Waals surface area contributed by atoms with Crippen LogP contribution in [-0.4, -0.2) is 80.6 Å². The van der Waals surface area contributed by atoms with Gasteiger partial charge in [0.1, 0.15) is 6.61 Å². The lowest BCUT2D eigenvalue weighted by molar-refractivity contribution is -0.887. The Morgan fingerprint density at radius 2 is 0.898 bits per heavy atom. The summed E-state index contributed by atoms with van der Waals surface area (Å²) < 4.78 is 17.3. The highest BCUT2D eigenvalue weighted by atomic mass is 16.6. The van der Waals surface area contributed by atoms with Crippen molar-refractivity contribution >= 4 is 17.9 Å². The van der Waals surface area contributed by atoms with Crippen molar-refractivity contribution in [2.45, 2.75) is 231 Å². The number of unbranched alkanes of at least 4 members (excludes halogenated alkanes) is 25. The van der Waals surface area contributed by atoms with Crippen LogP contribution in [-0.2, 0) is 28.6 Å². The molecule has 2 atom stereocenters. The van der Waals surface area contributed by atoms with Crippen molar-refractivity contribution in [3.63, 3.8) is 0 Å². The molecule has 0 radical (unpaired) electrons. The summed E-state index contributed by atoms with van der Waals surface area (Å²) in [6.07, 6.45) is 49.0. The van der Waals surface area contributed by atoms with Gasteiger partial charge in [0.2, 0.25) is 0 Å². The first-order valence-corrected chi connectivity index (χ1v) is 24.5. The van der Waals surface area contributed by atoms with Crippen LogP contribution in [0.3, 0.4) is 0 Å². The highest BCUT2D eigenvalue weighted by Gasteiger charge is 2.31. The van der Waals surface area contributed by atoms with Crippen LogP contribution < -0.4 is 0 Å². The van der Waals surface area contributed by atoms with E-state index in [1.54, 1.807) is 0 Å². The number of hydrogen-bond acceptors (Lipinski definition) is 6. The van der Waals surface area contributed by atoms with Crippen LogP contribution in [0.25, 0.3) is 0 Å². The molecule has 0 aromatic heterocycles. The highest BCUT2D eigenvalue weighted by molar-refractivity contribution is 5.72. The number of carbonyl (C=O) groups excluding carboxylic acids is 2. The number of ether oxygens (including phenoxy) is 3. The molecular weight excluding hydrogens is 739 g/mol. The van der Waals surface area contributed by atoms with Gasteiger partial charge in [0.25, 0.3) is 0 Å². The van der Waals surface area contributed by atoms with Crippen LogP contribution in [0, 0.1) is 0 Å². The Morgan fingerprint density at radius 1 is 0.508 bits per heavy atom. The summed E-state index contributed by atoms with van der Waals surface area (Å²) in [5, 5.41) is 9.64. The second-order valence-electron chi connectivity index (χ2n) is 17.7. The van der Waals surface area contributed by atoms with E-state index in [1.807, 2.05) is 21.1 Å². The molecule has 0 bridgehead atoms. The molecule has 8 nitrogen and oxygen atoms in total. The van der Waals surface area contributed by atoms with Gasteiger partial charge in [0.05, 0.1) is 34.4 Å². The number of carboxylic acids is 1. The number of likely N-dealkylation sites (N-methyl/N-ethyl adjacent to an activating group) is 1. The molecule has 1 N–H and O–H groups in total. The Kier molecular flexibility index (Phi) is 40.5. The third kappa shape index (κ3) is 40.7. The van der Waals surface area contributed by atoms with Gasteiger partial charge in [-0.1, -0.05) is 172 Å². The number of nitrogens with zero attached hydrogens (tertiary/aromatic N) is 1. The van der Waals surface area contributed by atoms with Crippen molar-refractivity contribution in [3.8, 4) is 0 Å². The van der Waals surface area contributed by atoms with Gasteiger partial charge in [-0.15, -0.1) is 0 Å². The minimum Gasteiger partial charge on any atom is -0.477 e. The maximum Gasteiger partial charge on any atom is 0.362 e. The van der Waals surface area contributed by atoms with Crippen LogP contribution in [0.5, 0.6) is 0 Å². The highest BCUT2D eigenvalue weighted by Crippen LogP contribution is 2.14. The molecule has 0 amide bonds. The van der Waals surface area contributed by atoms with Gasteiger partial charge in [-0.25, -0.2) is 4.79 Å². The van der Waals surface area contributed by atoms with E-state index in [4.69, 9.17) is 14.2 Å². The SMILES string of the molecule is CCCCCCCC/C=C/CCCCCCCCCC(=O)OC(COCCC(C(=O)O)[N+](C)(C)C)COC(=O)CCCCCCC/C=C/C=C/CCCCCCCCC. The van der Waals surface area contributed by atoms with Crippen molar-refractivity contribution in [2.75, 3.05) is 41.0 Å². The summed E-state index contributed by atoms with van der Waals surface area (Å²) in [5.41, 5.74) is 0. The smallest absolute Gasteiger partial charge is 0.362 e. The third-order valence-corrected chi connectivity index (χ3v) is 11.0. The second kappa shape index (κ2) is 42.2. The van der Waals surface area contributed by atoms with E-state index in [0.29, 0.717) is 19.3 Å². The molecule has 0 saturated carbocycles. The van der Waals surface area contributed by atoms with Crippen LogP contribution >= 0.6 is 0 Å². The van der Waals surface area contributed by atoms with E-state index in [2.05, 4.69) is 50.3 Å². The Balaban J connectivity index is 4.31. The zero-order valence-corrected chi connectivity index (χ0v) is 39.2. The number of carboxylic acid groups (broad SMARTS) is 1. The molecule has 0 rings (SSSR count). The molecule has 0 aliphatic carbocycles. The standard InChI is InChI=1S/C51H93NO7/c1-6-8-10-12-14-16-18-20-22-24-26-27-29-31-33-35-37-39-41-49(53)58-46-47(45-57-44-43-48(51(55)56)52(3,4)5)59-50(54)42-40-38-36-34-32-30-28-25-23-21-19-17-15-13-11-9-7-2/h21-24,26-27,47-48H,6-20,25,28-46H2,1-5H3/p+1/b23-21+,24-22+,27-26+. The molecule has 0 spiro atoms. The zero-order chi connectivity index (χ0) is 43.5. The van der Waals surface area contributed by atoms with E-state index in [-0.39, 0.29) is 36.2 Å². The lowest BCUT2D eigenvalue weighted by atomic mass is 10.1. The Bertz CT molecular complexity index is 1060. The maximum absolute atomic E-state index is 12.8. The predicted octanol–water partition coefficient (Wildman–Crippen LogP) is 13.8. The molecule has 0 fully saturated rings. The number of quaternary nitrogens is 1. The van der Waals surface area contributed by atoms with Gasteiger partial charge >= 0.3 is 17.9 Å². The summed E-state index contributed by atoms with van der Waals surface area (Å²) in [4.78, 5) is 37.1. The molecule has 0 aromatic carbocycles. The van der Waals surface area contributed by atoms with Crippen LogP contribution in [0.4, 0.5) is 0 Å². The molecule has 0 aliphatic heterocycles. The monoisotopic (exact) mass is 833 g/mol. The largest absolute Gasteiger partial charge is 0.477 e. The topological polar surface area (TPSA) is 99.1 Å². The molecule has 2 unspecified atom stereocenters. The molecular formula is C51H94NO7+. The van der Waals surface area contributed by atoms with Gasteiger partial charge in [-0.2, -0.15) is 0 Å². The average Bonchev–Trinajstić information content (AvgIpc) is 3.19. The van der Waals surface area contributed by atoms with Gasteiger partial charge in [0.15, 0.2) is 12.1 Å². The van der Waals surface area contributed by atoms with Gasteiger partial charge < -0.3 is 23.8 Å². The van der Waals surface area contributed by atoms with Crippen LogP contribution in [0.2, 0.25) is 0 Å². The van der Waals surface area contributed by atoms with E-state index < -0.39 is 18.1 Å². The first-order valence-electron chi connectivity index (χ1n) is 24.5. The normalized spacial score (nSPS) is 13.2. The third-order valence-electron chi connectivity index (χ3n) is 11.0. The van der Waals surface area contributed by atoms with Crippen molar-refractivity contribution in [3.05, 3.63) is 36.5 Å². The first-order chi connectivity index (χ1) is 28.6. The number of esters is 2. The molecule has 59 heavy (non-hydrogen) atoms. The lowest BCUT2D eigenvalue weighted by Crippen LogP contribution is -2.50. The van der Waals surface area contributed by atoms with Crippen molar-refractivity contribution in [1.29, 1.82) is 0 Å². The average molecular weight is 833 g/mol. The number of allylic oxidation sites excluding steroid dienone is 6. The fraction of sp³-hybridized carbons (Fsp3) is 0.824. The fourth-order valence-electron chi connectivity index (χ4n) is 7.20. The lowest BCUT2D eigenvalue weighted by Gasteiger charge is -2.31. The summed E-state index contributed by atoms with van der Waals surface area (Å²) in [6, 6.07) is -0.617. The van der Waals surface area contributed by atoms with Gasteiger partial charge in [0, 0.05) is 19.3 Å². The van der Waals surface area contributed by atoms with E-state index in [1.165, 1.54) is 128 Å². The summed E-state index contributed by atoms with van der Waals surface area (Å²) in [7, 11) is 5.53. The van der Waals surface area contributed by atoms with Crippen molar-refractivity contribution in [2.24, 2.45) is 0 Å². The van der Waals surface area contributed by atoms with E-state index in [0.717, 1.165) is 57.8 Å². The maximum atomic E-state index is 12.8. The molecule has 0 saturated heterocycles. The second-order valence-corrected chi connectivity index (χ2v) is 17.7. The van der Waals surface area contributed by atoms with Crippen LogP contribution in [0.1, 0.15) is 219 Å². The van der Waals surface area contributed by atoms with Crippen molar-refractivity contribution < 1.29 is 38.2 Å². The van der Waals surface area contributed by atoms with Gasteiger partial charge in [-0.3, -0.25) is 9.59 Å². The Hall–Kier alpha value is -2.45. The van der Waals surface area contributed by atoms with Crippen LogP contribution in [0.15, 0.2) is 36.5 Å². The number of aliphatic carboxylic acids is 1. The summed E-state index contributed by atoms with van der Waals surface area (Å²) in [5.74, 6) is -1.48.